The second-order valence-corrected chi connectivity index (χ2v) is 13.2. The molecule has 5 aromatic rings. The second kappa shape index (κ2) is 15.1. The van der Waals surface area contributed by atoms with Crippen LogP contribution in [0.3, 0.4) is 0 Å². The van der Waals surface area contributed by atoms with E-state index in [-0.39, 0.29) is 37.5 Å². The summed E-state index contributed by atoms with van der Waals surface area (Å²) >= 11 is 2.02. The SMILES string of the molecule is C1=CC2C=CC1C2.O=c1c2ccccc2c(=O)n2n1[C@H](c1ccccc1)[PH+](c1ccccc1)[C@H]2c1ccccc1.[CH3-].[CH3-].[Cl][Rh+2]. The average Bonchev–Trinajstić information content (AvgIpc) is 3.82. The number of rotatable bonds is 3. The number of allylic oxidation sites excluding steroid dienone is 4. The summed E-state index contributed by atoms with van der Waals surface area (Å²) in [6.07, 6.45) is 10.5. The summed E-state index contributed by atoms with van der Waals surface area (Å²) < 4.78 is 3.50. The van der Waals surface area contributed by atoms with Gasteiger partial charge in [-0.15, -0.1) is 0 Å². The van der Waals surface area contributed by atoms with E-state index < -0.39 is 7.92 Å². The van der Waals surface area contributed by atoms with Gasteiger partial charge in [0.15, 0.2) is 11.6 Å². The van der Waals surface area contributed by atoms with Gasteiger partial charge in [-0.3, -0.25) is 9.59 Å². The van der Waals surface area contributed by atoms with E-state index >= 15 is 0 Å². The third-order valence-electron chi connectivity index (χ3n) is 8.21. The molecule has 2 heterocycles. The number of hydrogen-bond donors (Lipinski definition) is 0. The molecule has 2 bridgehead atoms. The molecule has 1 aliphatic heterocycles. The van der Waals surface area contributed by atoms with Crippen molar-refractivity contribution in [3.63, 3.8) is 0 Å². The van der Waals surface area contributed by atoms with E-state index in [2.05, 4.69) is 70.4 Å². The van der Waals surface area contributed by atoms with Crippen LogP contribution in [-0.2, 0) is 17.3 Å². The molecule has 7 heteroatoms. The van der Waals surface area contributed by atoms with Crippen LogP contribution in [0.1, 0.15) is 29.1 Å². The zero-order valence-corrected chi connectivity index (χ0v) is 28.1. The molecular formula is C37H36ClN2O2PRh+. The van der Waals surface area contributed by atoms with Crippen molar-refractivity contribution in [2.24, 2.45) is 11.8 Å². The standard InChI is InChI=1S/C28H21N2O2P.C7H8.2CH3.ClH.Rh/c31-25-23-18-10-11-19-24(23)26(32)30-28(21-14-6-2-7-15-21)33(22-16-8-3-9-17-22)27(29(25)30)20-12-4-1-5-13-20;1-2-7-4-3-6(1)5-7;;;;/h1-19,27-28H;1-4,6-7H,5H2;2*1H3;1H;/q;;2*-1;;+3/t27-,28-;;;;;/m0...../s1. The Morgan fingerprint density at radius 1 is 0.545 bits per heavy atom. The molecule has 0 saturated heterocycles. The molecule has 4 nitrogen and oxygen atoms in total. The summed E-state index contributed by atoms with van der Waals surface area (Å²) in [6, 6.07) is 37.8. The molecule has 2 aliphatic carbocycles. The van der Waals surface area contributed by atoms with Crippen molar-refractivity contribution in [3.05, 3.63) is 186 Å². The Labute approximate surface area is 275 Å². The quantitative estimate of drug-likeness (QED) is 0.0822. The van der Waals surface area contributed by atoms with Crippen LogP contribution in [0.25, 0.3) is 10.8 Å². The van der Waals surface area contributed by atoms with Crippen molar-refractivity contribution in [2.75, 3.05) is 0 Å². The zero-order chi connectivity index (χ0) is 29.1. The summed E-state index contributed by atoms with van der Waals surface area (Å²) in [4.78, 5) is 27.9. The third kappa shape index (κ3) is 6.24. The summed E-state index contributed by atoms with van der Waals surface area (Å²) in [6.45, 7) is 0. The molecule has 0 radical (unpaired) electrons. The first-order valence-corrected chi connectivity index (χ1v) is 17.7. The first-order chi connectivity index (χ1) is 20.7. The summed E-state index contributed by atoms with van der Waals surface area (Å²) in [7, 11) is 3.01. The minimum atomic E-state index is -1.52. The first kappa shape index (κ1) is 33.5. The Kier molecular flexibility index (Phi) is 11.5. The number of benzene rings is 4. The molecule has 0 fully saturated rings. The fraction of sp³-hybridized carbons (Fsp3) is 0.135. The third-order valence-corrected chi connectivity index (χ3v) is 11.5. The second-order valence-electron chi connectivity index (χ2n) is 10.6. The molecular weight excluding hydrogens is 674 g/mol. The van der Waals surface area contributed by atoms with Gasteiger partial charge in [-0.05, 0) is 42.5 Å². The van der Waals surface area contributed by atoms with Gasteiger partial charge < -0.3 is 14.9 Å². The molecule has 3 aliphatic rings. The number of hydrogen-bond acceptors (Lipinski definition) is 2. The summed E-state index contributed by atoms with van der Waals surface area (Å²) in [5.41, 5.74) is 1.88. The maximum atomic E-state index is 13.9. The number of halogens is 1. The predicted molar refractivity (Wildman–Crippen MR) is 185 cm³/mol. The van der Waals surface area contributed by atoms with Crippen LogP contribution in [0.2, 0.25) is 0 Å². The molecule has 8 rings (SSSR count). The van der Waals surface area contributed by atoms with Gasteiger partial charge in [0.1, 0.15) is 0 Å². The molecule has 0 amide bonds. The normalized spacial score (nSPS) is 20.4. The van der Waals surface area contributed by atoms with E-state index in [1.54, 1.807) is 21.5 Å². The number of fused-ring (bicyclic) bond motifs is 4. The Balaban J connectivity index is 0.000000347. The molecule has 0 unspecified atom stereocenters. The van der Waals surface area contributed by atoms with Gasteiger partial charge in [-0.1, -0.05) is 115 Å². The van der Waals surface area contributed by atoms with E-state index in [1.807, 2.05) is 84.0 Å². The van der Waals surface area contributed by atoms with E-state index in [4.69, 9.17) is 0 Å². The summed E-state index contributed by atoms with van der Waals surface area (Å²) in [5, 5.41) is 2.15. The fourth-order valence-electron chi connectivity index (χ4n) is 6.38. The fourth-order valence-corrected chi connectivity index (χ4v) is 10.0. The van der Waals surface area contributed by atoms with Crippen molar-refractivity contribution in [1.29, 1.82) is 0 Å². The monoisotopic (exact) mass is 709 g/mol. The van der Waals surface area contributed by atoms with Gasteiger partial charge >= 0.3 is 27.0 Å². The van der Waals surface area contributed by atoms with Gasteiger partial charge in [0.05, 0.1) is 24.0 Å². The van der Waals surface area contributed by atoms with Crippen molar-refractivity contribution < 1.29 is 17.3 Å². The van der Waals surface area contributed by atoms with Crippen molar-refractivity contribution in [1.82, 2.24) is 9.36 Å². The maximum absolute atomic E-state index is 13.9. The Morgan fingerprint density at radius 3 is 1.23 bits per heavy atom. The van der Waals surface area contributed by atoms with E-state index in [0.717, 1.165) is 23.0 Å². The molecule has 4 aromatic carbocycles. The number of nitrogens with zero attached hydrogens (tertiary/aromatic N) is 2. The first-order valence-electron chi connectivity index (χ1n) is 14.0. The van der Waals surface area contributed by atoms with Crippen LogP contribution >= 0.6 is 17.6 Å². The molecule has 0 saturated carbocycles. The van der Waals surface area contributed by atoms with E-state index in [0.29, 0.717) is 10.8 Å². The van der Waals surface area contributed by atoms with Crippen molar-refractivity contribution in [2.45, 2.75) is 18.0 Å². The van der Waals surface area contributed by atoms with Crippen LogP contribution in [-0.4, -0.2) is 9.36 Å². The van der Waals surface area contributed by atoms with Crippen molar-refractivity contribution in [3.8, 4) is 0 Å². The van der Waals surface area contributed by atoms with Gasteiger partial charge in [0.25, 0.3) is 11.1 Å². The average molecular weight is 710 g/mol. The molecule has 44 heavy (non-hydrogen) atoms. The molecule has 1 aromatic heterocycles. The number of aromatic nitrogens is 2. The van der Waals surface area contributed by atoms with Gasteiger partial charge in [-0.2, -0.15) is 9.36 Å². The van der Waals surface area contributed by atoms with Crippen LogP contribution < -0.4 is 16.4 Å². The Hall–Kier alpha value is -3.36. The van der Waals surface area contributed by atoms with Crippen LogP contribution in [0.15, 0.2) is 149 Å². The van der Waals surface area contributed by atoms with Gasteiger partial charge in [0.2, 0.25) is 0 Å². The van der Waals surface area contributed by atoms with Crippen LogP contribution in [0.4, 0.5) is 0 Å². The van der Waals surface area contributed by atoms with E-state index in [1.165, 1.54) is 11.7 Å². The van der Waals surface area contributed by atoms with Crippen LogP contribution in [0.5, 0.6) is 0 Å². The van der Waals surface area contributed by atoms with Gasteiger partial charge in [0, 0.05) is 11.1 Å². The minimum absolute atomic E-state index is 0. The van der Waals surface area contributed by atoms with E-state index in [9.17, 15) is 9.59 Å². The topological polar surface area (TPSA) is 44.0 Å². The Bertz CT molecular complexity index is 1730. The van der Waals surface area contributed by atoms with Crippen LogP contribution in [0, 0.1) is 26.7 Å². The predicted octanol–water partition coefficient (Wildman–Crippen LogP) is 8.15. The van der Waals surface area contributed by atoms with Gasteiger partial charge in [-0.25, -0.2) is 0 Å². The molecule has 2 atom stereocenters. The zero-order valence-electron chi connectivity index (χ0n) is 24.7. The summed E-state index contributed by atoms with van der Waals surface area (Å²) in [5.74, 6) is 1.19. The molecule has 0 N–H and O–H groups in total. The molecule has 0 spiro atoms. The molecule has 226 valence electrons. The Morgan fingerprint density at radius 2 is 0.886 bits per heavy atom. The van der Waals surface area contributed by atoms with Crippen molar-refractivity contribution >= 4 is 33.7 Å².